The van der Waals surface area contributed by atoms with Crippen molar-refractivity contribution in [1.29, 1.82) is 0 Å². The fourth-order valence-corrected chi connectivity index (χ4v) is 3.30. The maximum absolute atomic E-state index is 12.3. The molecule has 1 aromatic carbocycles. The number of carbonyl (C=O) groups is 2. The molecule has 0 saturated carbocycles. The van der Waals surface area contributed by atoms with Crippen molar-refractivity contribution in [3.05, 3.63) is 58.3 Å². The van der Waals surface area contributed by atoms with Crippen LogP contribution in [0.25, 0.3) is 0 Å². The van der Waals surface area contributed by atoms with E-state index in [0.29, 0.717) is 12.1 Å². The van der Waals surface area contributed by atoms with E-state index in [1.54, 1.807) is 30.5 Å². The molecular weight excluding hydrogens is 322 g/mol. The smallest absolute Gasteiger partial charge is 0.254 e. The van der Waals surface area contributed by atoms with Crippen LogP contribution in [0.1, 0.15) is 21.3 Å². The van der Waals surface area contributed by atoms with Crippen LogP contribution in [0.15, 0.2) is 47.8 Å². The Morgan fingerprint density at radius 2 is 1.79 bits per heavy atom. The quantitative estimate of drug-likeness (QED) is 0.837. The first-order valence-electron chi connectivity index (χ1n) is 7.76. The third-order valence-electron chi connectivity index (χ3n) is 3.74. The lowest BCUT2D eigenvalue weighted by Crippen LogP contribution is -2.41. The SMILES string of the molecule is CN(CC(=O)NC[C@H](c1cccs1)N(C)C)C(=O)c1ccccc1. The zero-order valence-corrected chi connectivity index (χ0v) is 15.0. The van der Waals surface area contributed by atoms with Gasteiger partial charge in [-0.2, -0.15) is 0 Å². The van der Waals surface area contributed by atoms with Crippen molar-refractivity contribution in [3.8, 4) is 0 Å². The van der Waals surface area contributed by atoms with Gasteiger partial charge in [0.05, 0.1) is 12.6 Å². The normalized spacial score (nSPS) is 12.0. The molecule has 5 nitrogen and oxygen atoms in total. The summed E-state index contributed by atoms with van der Waals surface area (Å²) in [4.78, 5) is 29.1. The van der Waals surface area contributed by atoms with E-state index >= 15 is 0 Å². The standard InChI is InChI=1S/C18H23N3O2S/c1-20(2)15(16-10-7-11-24-16)12-19-17(22)13-21(3)18(23)14-8-5-4-6-9-14/h4-11,15H,12-13H2,1-3H3,(H,19,22)/t15-/m1/s1. The lowest BCUT2D eigenvalue weighted by Gasteiger charge is -2.24. The van der Waals surface area contributed by atoms with Gasteiger partial charge in [0.15, 0.2) is 0 Å². The summed E-state index contributed by atoms with van der Waals surface area (Å²) in [7, 11) is 5.61. The van der Waals surface area contributed by atoms with Gasteiger partial charge in [0.25, 0.3) is 5.91 Å². The van der Waals surface area contributed by atoms with Crippen LogP contribution < -0.4 is 5.32 Å². The first-order chi connectivity index (χ1) is 11.5. The van der Waals surface area contributed by atoms with Gasteiger partial charge in [-0.25, -0.2) is 0 Å². The minimum atomic E-state index is -0.162. The van der Waals surface area contributed by atoms with Gasteiger partial charge >= 0.3 is 0 Å². The van der Waals surface area contributed by atoms with Crippen LogP contribution in [0, 0.1) is 0 Å². The summed E-state index contributed by atoms with van der Waals surface area (Å²) < 4.78 is 0. The molecule has 0 aliphatic heterocycles. The summed E-state index contributed by atoms with van der Waals surface area (Å²) in [5, 5.41) is 4.95. The van der Waals surface area contributed by atoms with Gasteiger partial charge in [-0.3, -0.25) is 9.59 Å². The number of carbonyl (C=O) groups excluding carboxylic acids is 2. The molecule has 0 saturated heterocycles. The van der Waals surface area contributed by atoms with Crippen molar-refractivity contribution in [3.63, 3.8) is 0 Å². The van der Waals surface area contributed by atoms with Gasteiger partial charge in [-0.05, 0) is 37.7 Å². The number of amides is 2. The molecule has 0 unspecified atom stereocenters. The summed E-state index contributed by atoms with van der Waals surface area (Å²) in [6.07, 6.45) is 0. The van der Waals surface area contributed by atoms with E-state index in [9.17, 15) is 9.59 Å². The predicted molar refractivity (Wildman–Crippen MR) is 97.2 cm³/mol. The van der Waals surface area contributed by atoms with Crippen LogP contribution in [-0.2, 0) is 4.79 Å². The summed E-state index contributed by atoms with van der Waals surface area (Å²) >= 11 is 1.67. The van der Waals surface area contributed by atoms with Gasteiger partial charge in [-0.15, -0.1) is 11.3 Å². The van der Waals surface area contributed by atoms with E-state index in [1.807, 2.05) is 43.7 Å². The van der Waals surface area contributed by atoms with Crippen LogP contribution >= 0.6 is 11.3 Å². The van der Waals surface area contributed by atoms with E-state index in [4.69, 9.17) is 0 Å². The molecule has 1 N–H and O–H groups in total. The predicted octanol–water partition coefficient (Wildman–Crippen LogP) is 2.24. The monoisotopic (exact) mass is 345 g/mol. The van der Waals surface area contributed by atoms with Gasteiger partial charge in [0.1, 0.15) is 0 Å². The lowest BCUT2D eigenvalue weighted by molar-refractivity contribution is -0.121. The third kappa shape index (κ3) is 4.91. The number of hydrogen-bond donors (Lipinski definition) is 1. The first-order valence-corrected chi connectivity index (χ1v) is 8.64. The van der Waals surface area contributed by atoms with Crippen molar-refractivity contribution in [2.75, 3.05) is 34.2 Å². The molecular formula is C18H23N3O2S. The zero-order valence-electron chi connectivity index (χ0n) is 14.2. The van der Waals surface area contributed by atoms with Crippen LogP contribution in [0.3, 0.4) is 0 Å². The molecule has 0 aliphatic carbocycles. The summed E-state index contributed by atoms with van der Waals surface area (Å²) in [5.74, 6) is -0.321. The van der Waals surface area contributed by atoms with Gasteiger partial charge < -0.3 is 15.1 Å². The molecule has 0 spiro atoms. The third-order valence-corrected chi connectivity index (χ3v) is 4.71. The number of benzene rings is 1. The fourth-order valence-electron chi connectivity index (χ4n) is 2.37. The van der Waals surface area contributed by atoms with Crippen molar-refractivity contribution in [2.24, 2.45) is 0 Å². The summed E-state index contributed by atoms with van der Waals surface area (Å²) in [6.45, 7) is 0.554. The van der Waals surface area contributed by atoms with Crippen LogP contribution in [0.2, 0.25) is 0 Å². The van der Waals surface area contributed by atoms with E-state index in [1.165, 1.54) is 9.78 Å². The van der Waals surface area contributed by atoms with Crippen LogP contribution in [0.4, 0.5) is 0 Å². The molecule has 2 amide bonds. The van der Waals surface area contributed by atoms with Crippen molar-refractivity contribution >= 4 is 23.2 Å². The molecule has 2 aromatic rings. The summed E-state index contributed by atoms with van der Waals surface area (Å²) in [5.41, 5.74) is 0.581. The molecule has 0 aliphatic rings. The van der Waals surface area contributed by atoms with Crippen molar-refractivity contribution < 1.29 is 9.59 Å². The second-order valence-corrected chi connectivity index (χ2v) is 6.81. The van der Waals surface area contributed by atoms with E-state index < -0.39 is 0 Å². The minimum Gasteiger partial charge on any atom is -0.353 e. The molecule has 2 rings (SSSR count). The molecule has 0 radical (unpaired) electrons. The van der Waals surface area contributed by atoms with Gasteiger partial charge in [0.2, 0.25) is 5.91 Å². The Morgan fingerprint density at radius 3 is 2.38 bits per heavy atom. The number of hydrogen-bond acceptors (Lipinski definition) is 4. The highest BCUT2D eigenvalue weighted by Gasteiger charge is 2.18. The number of likely N-dealkylation sites (N-methyl/N-ethyl adjacent to an activating group) is 2. The Kier molecular flexibility index (Phi) is 6.52. The largest absolute Gasteiger partial charge is 0.353 e. The topological polar surface area (TPSA) is 52.7 Å². The highest BCUT2D eigenvalue weighted by molar-refractivity contribution is 7.10. The molecule has 1 atom stereocenters. The van der Waals surface area contributed by atoms with Crippen molar-refractivity contribution in [1.82, 2.24) is 15.1 Å². The maximum Gasteiger partial charge on any atom is 0.254 e. The average molecular weight is 345 g/mol. The summed E-state index contributed by atoms with van der Waals surface area (Å²) in [6, 6.07) is 13.2. The number of nitrogens with one attached hydrogen (secondary N) is 1. The number of nitrogens with zero attached hydrogens (tertiary/aromatic N) is 2. The molecule has 0 bridgehead atoms. The lowest BCUT2D eigenvalue weighted by atomic mass is 10.2. The maximum atomic E-state index is 12.3. The Labute approximate surface area is 146 Å². The highest BCUT2D eigenvalue weighted by Crippen LogP contribution is 2.22. The minimum absolute atomic E-state index is 0.0400. The number of thiophene rings is 1. The van der Waals surface area contributed by atoms with E-state index in [2.05, 4.69) is 16.3 Å². The molecule has 1 aromatic heterocycles. The van der Waals surface area contributed by atoms with Gasteiger partial charge in [-0.1, -0.05) is 24.3 Å². The first kappa shape index (κ1) is 18.2. The Balaban J connectivity index is 1.87. The fraction of sp³-hybridized carbons (Fsp3) is 0.333. The number of rotatable bonds is 7. The molecule has 6 heteroatoms. The Morgan fingerprint density at radius 1 is 1.08 bits per heavy atom. The second-order valence-electron chi connectivity index (χ2n) is 5.83. The van der Waals surface area contributed by atoms with Crippen molar-refractivity contribution in [2.45, 2.75) is 6.04 Å². The van der Waals surface area contributed by atoms with Gasteiger partial charge in [0, 0.05) is 24.0 Å². The Hall–Kier alpha value is -2.18. The highest BCUT2D eigenvalue weighted by atomic mass is 32.1. The molecule has 128 valence electrons. The van der Waals surface area contributed by atoms with Crippen LogP contribution in [-0.4, -0.2) is 55.8 Å². The van der Waals surface area contributed by atoms with E-state index in [0.717, 1.165) is 0 Å². The Bertz CT molecular complexity index is 656. The average Bonchev–Trinajstić information content (AvgIpc) is 3.09. The molecule has 1 heterocycles. The second kappa shape index (κ2) is 8.61. The zero-order chi connectivity index (χ0) is 17.5. The molecule has 24 heavy (non-hydrogen) atoms. The molecule has 0 fully saturated rings. The van der Waals surface area contributed by atoms with Crippen LogP contribution in [0.5, 0.6) is 0 Å². The van der Waals surface area contributed by atoms with E-state index in [-0.39, 0.29) is 24.4 Å².